The summed E-state index contributed by atoms with van der Waals surface area (Å²) in [6, 6.07) is 2.71. The Labute approximate surface area is 78.3 Å². The smallest absolute Gasteiger partial charge is 0.433 e. The Morgan fingerprint density at radius 3 is 2.79 bits per heavy atom. The topological polar surface area (TPSA) is 93.6 Å². The third-order valence-electron chi connectivity index (χ3n) is 2.27. The molecule has 0 spiro atoms. The van der Waals surface area contributed by atoms with Gasteiger partial charge in [0.25, 0.3) is 0 Å². The number of carbonyl (C=O) groups is 1. The SMILES string of the molecule is O=C(O)C1CC1c1ccc([N+](=O)[O-])o1. The Morgan fingerprint density at radius 2 is 2.36 bits per heavy atom. The van der Waals surface area contributed by atoms with E-state index in [0.29, 0.717) is 12.2 Å². The van der Waals surface area contributed by atoms with E-state index in [9.17, 15) is 14.9 Å². The first-order valence-electron chi connectivity index (χ1n) is 4.06. The lowest BCUT2D eigenvalue weighted by Gasteiger charge is -1.89. The molecule has 0 saturated heterocycles. The summed E-state index contributed by atoms with van der Waals surface area (Å²) < 4.78 is 4.89. The number of nitrogens with zero attached hydrogens (tertiary/aromatic N) is 1. The van der Waals surface area contributed by atoms with E-state index >= 15 is 0 Å². The van der Waals surface area contributed by atoms with E-state index in [2.05, 4.69) is 0 Å². The highest BCUT2D eigenvalue weighted by atomic mass is 16.6. The van der Waals surface area contributed by atoms with Crippen molar-refractivity contribution in [2.24, 2.45) is 5.92 Å². The standard InChI is InChI=1S/C8H7NO5/c10-8(11)5-3-4(5)6-1-2-7(14-6)9(12)13/h1-2,4-5H,3H2,(H,10,11). The van der Waals surface area contributed by atoms with Crippen LogP contribution in [0.25, 0.3) is 0 Å². The van der Waals surface area contributed by atoms with Crippen LogP contribution in [0.2, 0.25) is 0 Å². The monoisotopic (exact) mass is 197 g/mol. The van der Waals surface area contributed by atoms with Crippen LogP contribution in [0.3, 0.4) is 0 Å². The van der Waals surface area contributed by atoms with Crippen molar-refractivity contribution in [3.8, 4) is 0 Å². The third kappa shape index (κ3) is 1.34. The van der Waals surface area contributed by atoms with Gasteiger partial charge < -0.3 is 9.52 Å². The van der Waals surface area contributed by atoms with E-state index in [0.717, 1.165) is 0 Å². The summed E-state index contributed by atoms with van der Waals surface area (Å²) in [5.74, 6) is -1.46. The number of aliphatic carboxylic acids is 1. The highest BCUT2D eigenvalue weighted by Crippen LogP contribution is 2.48. The van der Waals surface area contributed by atoms with Crippen LogP contribution in [0.1, 0.15) is 18.1 Å². The molecule has 1 aromatic rings. The van der Waals surface area contributed by atoms with Crippen molar-refractivity contribution in [1.29, 1.82) is 0 Å². The second kappa shape index (κ2) is 2.83. The van der Waals surface area contributed by atoms with Crippen LogP contribution < -0.4 is 0 Å². The summed E-state index contributed by atoms with van der Waals surface area (Å²) >= 11 is 0. The highest BCUT2D eigenvalue weighted by Gasteiger charge is 2.46. The Bertz CT molecular complexity index is 396. The molecule has 1 aliphatic rings. The zero-order chi connectivity index (χ0) is 10.3. The number of carboxylic acids is 1. The second-order valence-electron chi connectivity index (χ2n) is 3.22. The van der Waals surface area contributed by atoms with Crippen molar-refractivity contribution in [2.75, 3.05) is 0 Å². The maximum atomic E-state index is 10.5. The van der Waals surface area contributed by atoms with Crippen LogP contribution in [0.4, 0.5) is 5.88 Å². The van der Waals surface area contributed by atoms with Crippen LogP contribution >= 0.6 is 0 Å². The molecule has 1 saturated carbocycles. The fraction of sp³-hybridized carbons (Fsp3) is 0.375. The summed E-state index contributed by atoms with van der Waals surface area (Å²) in [7, 11) is 0. The zero-order valence-electron chi connectivity index (χ0n) is 7.04. The summed E-state index contributed by atoms with van der Waals surface area (Å²) in [5.41, 5.74) is 0. The largest absolute Gasteiger partial charge is 0.481 e. The molecular weight excluding hydrogens is 190 g/mol. The number of rotatable bonds is 3. The minimum Gasteiger partial charge on any atom is -0.481 e. The molecule has 1 fully saturated rings. The van der Waals surface area contributed by atoms with Gasteiger partial charge in [0.1, 0.15) is 10.7 Å². The van der Waals surface area contributed by atoms with E-state index in [4.69, 9.17) is 9.52 Å². The lowest BCUT2D eigenvalue weighted by atomic mass is 10.2. The Morgan fingerprint density at radius 1 is 1.64 bits per heavy atom. The molecule has 1 heterocycles. The molecule has 1 N–H and O–H groups in total. The lowest BCUT2D eigenvalue weighted by molar-refractivity contribution is -0.402. The van der Waals surface area contributed by atoms with Crippen molar-refractivity contribution < 1.29 is 19.2 Å². The van der Waals surface area contributed by atoms with Crippen LogP contribution in [0, 0.1) is 16.0 Å². The molecule has 2 unspecified atom stereocenters. The van der Waals surface area contributed by atoms with Gasteiger partial charge in [-0.2, -0.15) is 0 Å². The highest BCUT2D eigenvalue weighted by molar-refractivity contribution is 5.74. The number of nitro groups is 1. The summed E-state index contributed by atoms with van der Waals surface area (Å²) in [6.45, 7) is 0. The first-order valence-corrected chi connectivity index (χ1v) is 4.06. The van der Waals surface area contributed by atoms with Crippen molar-refractivity contribution >= 4 is 11.9 Å². The predicted molar refractivity (Wildman–Crippen MR) is 43.8 cm³/mol. The Kier molecular flexibility index (Phi) is 1.77. The molecule has 14 heavy (non-hydrogen) atoms. The summed E-state index contributed by atoms with van der Waals surface area (Å²) in [4.78, 5) is 20.1. The van der Waals surface area contributed by atoms with E-state index in [-0.39, 0.29) is 11.8 Å². The van der Waals surface area contributed by atoms with Crippen LogP contribution in [-0.4, -0.2) is 16.0 Å². The van der Waals surface area contributed by atoms with Gasteiger partial charge in [-0.05, 0) is 12.5 Å². The van der Waals surface area contributed by atoms with Gasteiger partial charge in [0, 0.05) is 5.92 Å². The van der Waals surface area contributed by atoms with Gasteiger partial charge in [0.2, 0.25) is 0 Å². The number of hydrogen-bond donors (Lipinski definition) is 1. The van der Waals surface area contributed by atoms with Gasteiger partial charge in [-0.25, -0.2) is 0 Å². The number of furan rings is 1. The first-order chi connectivity index (χ1) is 6.59. The molecule has 0 bridgehead atoms. The predicted octanol–water partition coefficient (Wildman–Crippen LogP) is 1.38. The molecule has 1 aliphatic carbocycles. The number of hydrogen-bond acceptors (Lipinski definition) is 4. The third-order valence-corrected chi connectivity index (χ3v) is 2.27. The van der Waals surface area contributed by atoms with Gasteiger partial charge >= 0.3 is 11.9 Å². The first kappa shape index (κ1) is 8.74. The van der Waals surface area contributed by atoms with E-state index in [1.54, 1.807) is 0 Å². The molecule has 0 aromatic carbocycles. The molecule has 0 amide bonds. The molecule has 2 atom stereocenters. The molecular formula is C8H7NO5. The molecule has 6 nitrogen and oxygen atoms in total. The van der Waals surface area contributed by atoms with Crippen molar-refractivity contribution in [3.63, 3.8) is 0 Å². The Balaban J connectivity index is 2.12. The van der Waals surface area contributed by atoms with Crippen LogP contribution in [0.5, 0.6) is 0 Å². The van der Waals surface area contributed by atoms with Crippen LogP contribution in [0.15, 0.2) is 16.5 Å². The van der Waals surface area contributed by atoms with Gasteiger partial charge in [0.05, 0.1) is 12.0 Å². The quantitative estimate of drug-likeness (QED) is 0.583. The lowest BCUT2D eigenvalue weighted by Crippen LogP contribution is -1.98. The molecule has 1 aromatic heterocycles. The van der Waals surface area contributed by atoms with Crippen molar-refractivity contribution in [1.82, 2.24) is 0 Å². The summed E-state index contributed by atoms with van der Waals surface area (Å²) in [6.07, 6.45) is 0.500. The fourth-order valence-electron chi connectivity index (χ4n) is 1.42. The van der Waals surface area contributed by atoms with Crippen LogP contribution in [-0.2, 0) is 4.79 Å². The zero-order valence-corrected chi connectivity index (χ0v) is 7.04. The van der Waals surface area contributed by atoms with Crippen molar-refractivity contribution in [2.45, 2.75) is 12.3 Å². The average molecular weight is 197 g/mol. The van der Waals surface area contributed by atoms with E-state index < -0.39 is 16.8 Å². The average Bonchev–Trinajstić information content (AvgIpc) is 2.76. The van der Waals surface area contributed by atoms with Gasteiger partial charge in [0.15, 0.2) is 0 Å². The summed E-state index contributed by atoms with van der Waals surface area (Å²) in [5, 5.41) is 18.9. The normalized spacial score (nSPS) is 24.6. The Hall–Kier alpha value is -1.85. The minimum absolute atomic E-state index is 0.193. The maximum Gasteiger partial charge on any atom is 0.433 e. The molecule has 2 rings (SSSR count). The second-order valence-corrected chi connectivity index (χ2v) is 3.22. The van der Waals surface area contributed by atoms with Gasteiger partial charge in [-0.1, -0.05) is 0 Å². The van der Waals surface area contributed by atoms with E-state index in [1.807, 2.05) is 0 Å². The fourth-order valence-corrected chi connectivity index (χ4v) is 1.42. The molecule has 0 radical (unpaired) electrons. The molecule has 74 valence electrons. The van der Waals surface area contributed by atoms with E-state index in [1.165, 1.54) is 12.1 Å². The maximum absolute atomic E-state index is 10.5. The number of carboxylic acid groups (broad SMARTS) is 1. The van der Waals surface area contributed by atoms with Gasteiger partial charge in [-0.15, -0.1) is 0 Å². The van der Waals surface area contributed by atoms with Gasteiger partial charge in [-0.3, -0.25) is 14.9 Å². The minimum atomic E-state index is -0.881. The van der Waals surface area contributed by atoms with Crippen molar-refractivity contribution in [3.05, 3.63) is 28.0 Å². The molecule has 0 aliphatic heterocycles. The molecule has 6 heteroatoms.